The predicted molar refractivity (Wildman–Crippen MR) is 97.3 cm³/mol. The van der Waals surface area contributed by atoms with Crippen molar-refractivity contribution in [1.82, 2.24) is 19.4 Å². The molecule has 0 bridgehead atoms. The Morgan fingerprint density at radius 3 is 2.92 bits per heavy atom. The molecule has 0 spiro atoms. The first-order valence-electron chi connectivity index (χ1n) is 9.77. The SMILES string of the molecule is CC(C)n1ccnc1CN1CCCN(C(=O)CCC2CCCO2)CC1. The number of carbonyl (C=O) groups excluding carboxylic acids is 1. The Balaban J connectivity index is 1.46. The van der Waals surface area contributed by atoms with Crippen LogP contribution in [0.4, 0.5) is 0 Å². The van der Waals surface area contributed by atoms with Crippen molar-refractivity contribution in [2.75, 3.05) is 32.8 Å². The molecule has 0 saturated carbocycles. The van der Waals surface area contributed by atoms with Crippen LogP contribution in [0.15, 0.2) is 12.4 Å². The van der Waals surface area contributed by atoms with Crippen LogP contribution in [0.3, 0.4) is 0 Å². The third kappa shape index (κ3) is 5.05. The van der Waals surface area contributed by atoms with Crippen molar-refractivity contribution in [2.24, 2.45) is 0 Å². The fourth-order valence-corrected chi connectivity index (χ4v) is 3.83. The van der Waals surface area contributed by atoms with Crippen molar-refractivity contribution in [3.63, 3.8) is 0 Å². The van der Waals surface area contributed by atoms with Crippen molar-refractivity contribution in [3.8, 4) is 0 Å². The summed E-state index contributed by atoms with van der Waals surface area (Å²) < 4.78 is 7.86. The van der Waals surface area contributed by atoms with E-state index >= 15 is 0 Å². The van der Waals surface area contributed by atoms with Gasteiger partial charge in [-0.1, -0.05) is 0 Å². The number of ether oxygens (including phenoxy) is 1. The van der Waals surface area contributed by atoms with Crippen LogP contribution in [0.5, 0.6) is 0 Å². The van der Waals surface area contributed by atoms with E-state index in [1.807, 2.05) is 11.1 Å². The number of hydrogen-bond acceptors (Lipinski definition) is 4. The Bertz CT molecular complexity index is 551. The first kappa shape index (κ1) is 18.4. The smallest absolute Gasteiger partial charge is 0.222 e. The van der Waals surface area contributed by atoms with E-state index in [4.69, 9.17) is 4.74 Å². The lowest BCUT2D eigenvalue weighted by Crippen LogP contribution is -2.35. The van der Waals surface area contributed by atoms with E-state index in [1.54, 1.807) is 0 Å². The minimum absolute atomic E-state index is 0.293. The highest BCUT2D eigenvalue weighted by Crippen LogP contribution is 2.18. The Morgan fingerprint density at radius 1 is 1.28 bits per heavy atom. The van der Waals surface area contributed by atoms with E-state index in [9.17, 15) is 4.79 Å². The van der Waals surface area contributed by atoms with Crippen LogP contribution >= 0.6 is 0 Å². The number of nitrogens with zero attached hydrogens (tertiary/aromatic N) is 4. The number of aromatic nitrogens is 2. The molecular weight excluding hydrogens is 316 g/mol. The molecule has 2 aliphatic rings. The van der Waals surface area contributed by atoms with Gasteiger partial charge in [0.2, 0.25) is 5.91 Å². The van der Waals surface area contributed by atoms with Gasteiger partial charge >= 0.3 is 0 Å². The number of rotatable bonds is 6. The van der Waals surface area contributed by atoms with Gasteiger partial charge in [-0.15, -0.1) is 0 Å². The van der Waals surface area contributed by atoms with Crippen LogP contribution in [0.2, 0.25) is 0 Å². The molecule has 6 nitrogen and oxygen atoms in total. The van der Waals surface area contributed by atoms with Crippen LogP contribution in [0.25, 0.3) is 0 Å². The molecule has 0 N–H and O–H groups in total. The molecule has 2 aliphatic heterocycles. The topological polar surface area (TPSA) is 50.6 Å². The second kappa shape index (κ2) is 8.81. The molecule has 140 valence electrons. The van der Waals surface area contributed by atoms with E-state index in [1.165, 1.54) is 0 Å². The molecule has 1 amide bonds. The molecule has 1 atom stereocenters. The fourth-order valence-electron chi connectivity index (χ4n) is 3.83. The van der Waals surface area contributed by atoms with Crippen molar-refractivity contribution < 1.29 is 9.53 Å². The third-order valence-corrected chi connectivity index (χ3v) is 5.32. The maximum absolute atomic E-state index is 12.5. The van der Waals surface area contributed by atoms with Gasteiger partial charge < -0.3 is 14.2 Å². The Morgan fingerprint density at radius 2 is 2.16 bits per heavy atom. The molecule has 25 heavy (non-hydrogen) atoms. The van der Waals surface area contributed by atoms with Gasteiger partial charge in [-0.3, -0.25) is 9.69 Å². The highest BCUT2D eigenvalue weighted by Gasteiger charge is 2.22. The molecule has 2 fully saturated rings. The second-order valence-corrected chi connectivity index (χ2v) is 7.53. The van der Waals surface area contributed by atoms with E-state index in [0.29, 0.717) is 24.5 Å². The highest BCUT2D eigenvalue weighted by atomic mass is 16.5. The zero-order valence-corrected chi connectivity index (χ0v) is 15.7. The molecule has 2 saturated heterocycles. The minimum atomic E-state index is 0.293. The highest BCUT2D eigenvalue weighted by molar-refractivity contribution is 5.76. The molecule has 0 radical (unpaired) electrons. The average Bonchev–Trinajstić information content (AvgIpc) is 3.21. The summed E-state index contributed by atoms with van der Waals surface area (Å²) in [4.78, 5) is 21.5. The summed E-state index contributed by atoms with van der Waals surface area (Å²) in [5.41, 5.74) is 0. The standard InChI is InChI=1S/C19H32N4O2/c1-16(2)23-11-8-20-18(23)15-21-9-4-10-22(13-12-21)19(24)7-6-17-5-3-14-25-17/h8,11,16-17H,3-7,9-10,12-15H2,1-2H3. The van der Waals surface area contributed by atoms with E-state index in [2.05, 4.69) is 34.5 Å². The van der Waals surface area contributed by atoms with E-state index in [0.717, 1.165) is 70.8 Å². The molecule has 1 unspecified atom stereocenters. The Kier molecular flexibility index (Phi) is 6.48. The summed E-state index contributed by atoms with van der Waals surface area (Å²) in [5, 5.41) is 0. The normalized spacial score (nSPS) is 22.5. The first-order valence-corrected chi connectivity index (χ1v) is 9.77. The van der Waals surface area contributed by atoms with Crippen molar-refractivity contribution in [1.29, 1.82) is 0 Å². The molecule has 0 aliphatic carbocycles. The predicted octanol–water partition coefficient (Wildman–Crippen LogP) is 2.46. The number of amides is 1. The van der Waals surface area contributed by atoms with Crippen LogP contribution in [-0.2, 0) is 16.1 Å². The zero-order valence-electron chi connectivity index (χ0n) is 15.7. The lowest BCUT2D eigenvalue weighted by Gasteiger charge is -2.23. The maximum Gasteiger partial charge on any atom is 0.222 e. The molecule has 1 aromatic rings. The van der Waals surface area contributed by atoms with Crippen LogP contribution in [0, 0.1) is 0 Å². The van der Waals surface area contributed by atoms with Crippen LogP contribution in [0.1, 0.15) is 57.8 Å². The quantitative estimate of drug-likeness (QED) is 0.792. The van der Waals surface area contributed by atoms with Crippen molar-refractivity contribution in [2.45, 2.75) is 64.6 Å². The van der Waals surface area contributed by atoms with E-state index < -0.39 is 0 Å². The van der Waals surface area contributed by atoms with Gasteiger partial charge in [0.1, 0.15) is 5.82 Å². The molecule has 0 aromatic carbocycles. The zero-order chi connectivity index (χ0) is 17.6. The third-order valence-electron chi connectivity index (χ3n) is 5.32. The van der Waals surface area contributed by atoms with Gasteiger partial charge in [0, 0.05) is 57.6 Å². The molecule has 1 aromatic heterocycles. The lowest BCUT2D eigenvalue weighted by molar-refractivity contribution is -0.131. The summed E-state index contributed by atoms with van der Waals surface area (Å²) in [5.74, 6) is 1.41. The minimum Gasteiger partial charge on any atom is -0.378 e. The molecular formula is C19H32N4O2. The van der Waals surface area contributed by atoms with Crippen LogP contribution in [-0.4, -0.2) is 64.1 Å². The van der Waals surface area contributed by atoms with Crippen molar-refractivity contribution >= 4 is 5.91 Å². The summed E-state index contributed by atoms with van der Waals surface area (Å²) in [6.45, 7) is 9.75. The fraction of sp³-hybridized carbons (Fsp3) is 0.789. The second-order valence-electron chi connectivity index (χ2n) is 7.53. The monoisotopic (exact) mass is 348 g/mol. The van der Waals surface area contributed by atoms with E-state index in [-0.39, 0.29) is 0 Å². The van der Waals surface area contributed by atoms with Gasteiger partial charge in [0.15, 0.2) is 0 Å². The Hall–Kier alpha value is -1.40. The maximum atomic E-state index is 12.5. The van der Waals surface area contributed by atoms with Gasteiger partial charge in [0.05, 0.1) is 12.6 Å². The summed E-state index contributed by atoms with van der Waals surface area (Å²) in [6, 6.07) is 0.431. The Labute approximate surface area is 151 Å². The van der Waals surface area contributed by atoms with Gasteiger partial charge in [-0.05, 0) is 39.5 Å². The number of imidazole rings is 1. The number of hydrogen-bond donors (Lipinski definition) is 0. The molecule has 3 heterocycles. The van der Waals surface area contributed by atoms with Crippen molar-refractivity contribution in [3.05, 3.63) is 18.2 Å². The lowest BCUT2D eigenvalue weighted by atomic mass is 10.1. The van der Waals surface area contributed by atoms with Crippen LogP contribution < -0.4 is 0 Å². The van der Waals surface area contributed by atoms with Gasteiger partial charge in [-0.2, -0.15) is 0 Å². The molecule has 3 rings (SSSR count). The summed E-state index contributed by atoms with van der Waals surface area (Å²) in [7, 11) is 0. The molecule has 6 heteroatoms. The number of carbonyl (C=O) groups is 1. The van der Waals surface area contributed by atoms with Gasteiger partial charge in [0.25, 0.3) is 0 Å². The summed E-state index contributed by atoms with van der Waals surface area (Å²) in [6.07, 6.45) is 9.05. The van der Waals surface area contributed by atoms with Gasteiger partial charge in [-0.25, -0.2) is 4.98 Å². The first-order chi connectivity index (χ1) is 12.1. The average molecular weight is 348 g/mol. The largest absolute Gasteiger partial charge is 0.378 e. The summed E-state index contributed by atoms with van der Waals surface area (Å²) >= 11 is 0.